The lowest BCUT2D eigenvalue weighted by Crippen LogP contribution is -2.44. The summed E-state index contributed by atoms with van der Waals surface area (Å²) >= 11 is 0. The number of hydrogen-bond acceptors (Lipinski definition) is 3. The Morgan fingerprint density at radius 2 is 1.11 bits per heavy atom. The first-order valence-electron chi connectivity index (χ1n) is 11.0. The van der Waals surface area contributed by atoms with Crippen LogP contribution in [0.2, 0.25) is 38.3 Å². The molecule has 0 saturated carbocycles. The van der Waals surface area contributed by atoms with Crippen molar-refractivity contribution in [3.05, 3.63) is 23.3 Å². The predicted octanol–water partition coefficient (Wildman–Crippen LogP) is 6.09. The lowest BCUT2D eigenvalue weighted by Gasteiger charge is -2.34. The van der Waals surface area contributed by atoms with Crippen molar-refractivity contribution in [2.24, 2.45) is 0 Å². The topological polar surface area (TPSA) is 33.3 Å². The second kappa shape index (κ2) is 14.7. The zero-order valence-corrected chi connectivity index (χ0v) is 21.6. The average Bonchev–Trinajstić information content (AvgIpc) is 2.59. The summed E-state index contributed by atoms with van der Waals surface area (Å²) in [5, 5.41) is 7.08. The van der Waals surface area contributed by atoms with E-state index < -0.39 is 16.6 Å². The molecule has 0 bridgehead atoms. The van der Waals surface area contributed by atoms with Crippen LogP contribution < -0.4 is 10.6 Å². The minimum Gasteiger partial charge on any atom is -0.455 e. The maximum absolute atomic E-state index is 6.75. The van der Waals surface area contributed by atoms with Gasteiger partial charge >= 0.3 is 0 Å². The van der Waals surface area contributed by atoms with E-state index in [1.165, 1.54) is 36.1 Å². The number of rotatable bonds is 16. The van der Waals surface area contributed by atoms with Crippen LogP contribution in [0.5, 0.6) is 0 Å². The molecule has 0 unspecified atom stereocenters. The minimum absolute atomic E-state index is 1.00. The van der Waals surface area contributed by atoms with Crippen LogP contribution in [0.15, 0.2) is 23.3 Å². The van der Waals surface area contributed by atoms with Gasteiger partial charge in [0.25, 0.3) is 0 Å². The van der Waals surface area contributed by atoms with Gasteiger partial charge in [0.15, 0.2) is 16.6 Å². The third-order valence-electron chi connectivity index (χ3n) is 5.12. The van der Waals surface area contributed by atoms with Gasteiger partial charge in [-0.15, -0.1) is 0 Å². The normalized spacial score (nSPS) is 14.1. The van der Waals surface area contributed by atoms with Crippen LogP contribution in [0.1, 0.15) is 53.4 Å². The molecule has 27 heavy (non-hydrogen) atoms. The zero-order valence-electron chi connectivity index (χ0n) is 19.6. The molecule has 0 aromatic heterocycles. The summed E-state index contributed by atoms with van der Waals surface area (Å²) in [6.07, 6.45) is 9.38. The molecule has 0 amide bonds. The molecule has 2 N–H and O–H groups in total. The van der Waals surface area contributed by atoms with E-state index in [2.05, 4.69) is 76.7 Å². The monoisotopic (exact) mass is 412 g/mol. The van der Waals surface area contributed by atoms with Crippen molar-refractivity contribution in [2.75, 3.05) is 26.2 Å². The summed E-state index contributed by atoms with van der Waals surface area (Å²) in [5.74, 6) is 0. The Bertz CT molecular complexity index is 406. The molecule has 0 aromatic carbocycles. The summed E-state index contributed by atoms with van der Waals surface area (Å²) < 4.78 is 6.75. The Morgan fingerprint density at radius 3 is 1.44 bits per heavy atom. The van der Waals surface area contributed by atoms with E-state index in [0.29, 0.717) is 0 Å². The fourth-order valence-corrected chi connectivity index (χ4v) is 12.0. The largest absolute Gasteiger partial charge is 0.455 e. The lowest BCUT2D eigenvalue weighted by atomic mass is 10.2. The molecule has 5 heteroatoms. The van der Waals surface area contributed by atoms with E-state index in [4.69, 9.17) is 4.12 Å². The van der Waals surface area contributed by atoms with Crippen molar-refractivity contribution in [1.82, 2.24) is 10.6 Å². The van der Waals surface area contributed by atoms with Crippen LogP contribution in [0.3, 0.4) is 0 Å². The van der Waals surface area contributed by atoms with Gasteiger partial charge in [-0.2, -0.15) is 0 Å². The molecule has 0 fully saturated rings. The number of nitrogens with one attached hydrogen (secondary N) is 2. The highest BCUT2D eigenvalue weighted by molar-refractivity contribution is 6.84. The van der Waals surface area contributed by atoms with Gasteiger partial charge in [0.05, 0.1) is 0 Å². The maximum atomic E-state index is 6.75. The standard InChI is InChI=1S/C22H48N2OSi2/c1-9-21(3)13-17-23-15-11-19-26(5,6)25-27(7,8)20-12-16-24-18-14-22(4)10-2/h13-14,23-24H,9-12,15-20H2,1-8H3. The van der Waals surface area contributed by atoms with E-state index in [1.54, 1.807) is 0 Å². The fourth-order valence-electron chi connectivity index (χ4n) is 3.11. The summed E-state index contributed by atoms with van der Waals surface area (Å²) in [5.41, 5.74) is 2.94. The molecule has 0 heterocycles. The second-order valence-corrected chi connectivity index (χ2v) is 17.9. The van der Waals surface area contributed by atoms with Gasteiger partial charge in [0.2, 0.25) is 0 Å². The highest BCUT2D eigenvalue weighted by atomic mass is 28.4. The Morgan fingerprint density at radius 1 is 0.741 bits per heavy atom. The number of allylic oxidation sites excluding steroid dienone is 2. The number of hydrogen-bond donors (Lipinski definition) is 2. The fraction of sp³-hybridized carbons (Fsp3) is 0.818. The first kappa shape index (κ1) is 26.8. The first-order valence-corrected chi connectivity index (χ1v) is 17.3. The summed E-state index contributed by atoms with van der Waals surface area (Å²) in [4.78, 5) is 0. The van der Waals surface area contributed by atoms with Gasteiger partial charge in [0.1, 0.15) is 0 Å². The van der Waals surface area contributed by atoms with Gasteiger partial charge in [-0.3, -0.25) is 0 Å². The highest BCUT2D eigenvalue weighted by Gasteiger charge is 2.32. The quantitative estimate of drug-likeness (QED) is 0.183. The van der Waals surface area contributed by atoms with Gasteiger partial charge < -0.3 is 14.7 Å². The van der Waals surface area contributed by atoms with Gasteiger partial charge in [-0.1, -0.05) is 37.1 Å². The van der Waals surface area contributed by atoms with Crippen molar-refractivity contribution < 1.29 is 4.12 Å². The minimum atomic E-state index is -1.55. The van der Waals surface area contributed by atoms with E-state index >= 15 is 0 Å². The third kappa shape index (κ3) is 16.5. The van der Waals surface area contributed by atoms with Gasteiger partial charge in [-0.05, 0) is 90.9 Å². The van der Waals surface area contributed by atoms with E-state index in [-0.39, 0.29) is 0 Å². The molecule has 3 nitrogen and oxygen atoms in total. The molecule has 0 aliphatic heterocycles. The molecule has 0 saturated heterocycles. The van der Waals surface area contributed by atoms with Crippen molar-refractivity contribution in [3.63, 3.8) is 0 Å². The SMILES string of the molecule is CCC(C)=CCNCCC[Si](C)(C)O[Si](C)(C)CCCNCC=C(C)CC. The van der Waals surface area contributed by atoms with Crippen LogP contribution in [0.25, 0.3) is 0 Å². The summed E-state index contributed by atoms with van der Waals surface area (Å²) in [6.45, 7) is 22.7. The van der Waals surface area contributed by atoms with E-state index in [1.807, 2.05) is 0 Å². The van der Waals surface area contributed by atoms with Gasteiger partial charge in [-0.25, -0.2) is 0 Å². The van der Waals surface area contributed by atoms with Crippen LogP contribution in [0.4, 0.5) is 0 Å². The molecule has 0 aliphatic rings. The predicted molar refractivity (Wildman–Crippen MR) is 129 cm³/mol. The Hall–Kier alpha value is -0.206. The van der Waals surface area contributed by atoms with Crippen molar-refractivity contribution in [1.29, 1.82) is 0 Å². The van der Waals surface area contributed by atoms with Crippen LogP contribution in [0, 0.1) is 0 Å². The van der Waals surface area contributed by atoms with E-state index in [0.717, 1.165) is 39.0 Å². The summed E-state index contributed by atoms with van der Waals surface area (Å²) in [6, 6.07) is 2.51. The average molecular weight is 413 g/mol. The molecule has 0 atom stereocenters. The molecular formula is C22H48N2OSi2. The zero-order chi connectivity index (χ0) is 20.8. The Labute approximate surface area is 172 Å². The molecule has 160 valence electrons. The van der Waals surface area contributed by atoms with Gasteiger partial charge in [0, 0.05) is 13.1 Å². The van der Waals surface area contributed by atoms with Crippen molar-refractivity contribution in [3.8, 4) is 0 Å². The maximum Gasteiger partial charge on any atom is 0.173 e. The Balaban J connectivity index is 3.97. The smallest absolute Gasteiger partial charge is 0.173 e. The summed E-state index contributed by atoms with van der Waals surface area (Å²) in [7, 11) is -3.09. The van der Waals surface area contributed by atoms with Crippen molar-refractivity contribution in [2.45, 2.75) is 91.7 Å². The molecule has 0 spiro atoms. The van der Waals surface area contributed by atoms with Crippen LogP contribution in [-0.2, 0) is 4.12 Å². The van der Waals surface area contributed by atoms with Crippen LogP contribution >= 0.6 is 0 Å². The van der Waals surface area contributed by atoms with Crippen molar-refractivity contribution >= 4 is 16.6 Å². The first-order chi connectivity index (χ1) is 12.6. The highest BCUT2D eigenvalue weighted by Crippen LogP contribution is 2.23. The second-order valence-electron chi connectivity index (χ2n) is 9.04. The van der Waals surface area contributed by atoms with Crippen LogP contribution in [-0.4, -0.2) is 42.8 Å². The third-order valence-corrected chi connectivity index (χ3v) is 12.7. The molecule has 0 radical (unpaired) electrons. The molecule has 0 aliphatic carbocycles. The molecule has 0 rings (SSSR count). The van der Waals surface area contributed by atoms with E-state index in [9.17, 15) is 0 Å². The lowest BCUT2D eigenvalue weighted by molar-refractivity contribution is 0.526. The molecule has 0 aromatic rings. The Kier molecular flexibility index (Phi) is 14.6. The molecular weight excluding hydrogens is 364 g/mol.